The van der Waals surface area contributed by atoms with Crippen LogP contribution in [0.15, 0.2) is 30.3 Å². The zero-order valence-corrected chi connectivity index (χ0v) is 9.74. The van der Waals surface area contributed by atoms with E-state index in [1.165, 1.54) is 6.07 Å². The molecule has 5 heteroatoms. The van der Waals surface area contributed by atoms with Crippen LogP contribution in [-0.4, -0.2) is 15.0 Å². The SMILES string of the molecule is Cc1cc(-c2nc3nc(N)ccc3[nH]2)ccc1F. The third-order valence-electron chi connectivity index (χ3n) is 2.80. The monoisotopic (exact) mass is 242 g/mol. The maximum atomic E-state index is 13.2. The van der Waals surface area contributed by atoms with Crippen molar-refractivity contribution in [2.24, 2.45) is 0 Å². The summed E-state index contributed by atoms with van der Waals surface area (Å²) in [5.41, 5.74) is 8.38. The molecule has 0 aliphatic rings. The molecule has 90 valence electrons. The molecule has 0 saturated heterocycles. The van der Waals surface area contributed by atoms with Gasteiger partial charge in [-0.05, 0) is 42.8 Å². The van der Waals surface area contributed by atoms with Gasteiger partial charge in [-0.2, -0.15) is 0 Å². The maximum Gasteiger partial charge on any atom is 0.180 e. The van der Waals surface area contributed by atoms with Gasteiger partial charge < -0.3 is 10.7 Å². The molecule has 0 radical (unpaired) electrons. The first kappa shape index (κ1) is 10.7. The largest absolute Gasteiger partial charge is 0.384 e. The van der Waals surface area contributed by atoms with E-state index >= 15 is 0 Å². The number of anilines is 1. The van der Waals surface area contributed by atoms with Crippen LogP contribution in [-0.2, 0) is 0 Å². The molecule has 2 heterocycles. The molecule has 3 N–H and O–H groups in total. The number of nitrogens with two attached hydrogens (primary N) is 1. The van der Waals surface area contributed by atoms with E-state index in [0.29, 0.717) is 22.9 Å². The van der Waals surface area contributed by atoms with Crippen molar-refractivity contribution in [3.8, 4) is 11.4 Å². The lowest BCUT2D eigenvalue weighted by molar-refractivity contribution is 0.618. The van der Waals surface area contributed by atoms with Crippen LogP contribution in [0.25, 0.3) is 22.6 Å². The summed E-state index contributed by atoms with van der Waals surface area (Å²) >= 11 is 0. The van der Waals surface area contributed by atoms with Gasteiger partial charge >= 0.3 is 0 Å². The third kappa shape index (κ3) is 1.69. The lowest BCUT2D eigenvalue weighted by Gasteiger charge is -1.99. The van der Waals surface area contributed by atoms with Crippen LogP contribution in [0.3, 0.4) is 0 Å². The van der Waals surface area contributed by atoms with Gasteiger partial charge in [-0.15, -0.1) is 0 Å². The first-order chi connectivity index (χ1) is 8.63. The lowest BCUT2D eigenvalue weighted by Crippen LogP contribution is -1.88. The second-order valence-electron chi connectivity index (χ2n) is 4.16. The first-order valence-corrected chi connectivity index (χ1v) is 5.52. The average Bonchev–Trinajstić information content (AvgIpc) is 2.75. The van der Waals surface area contributed by atoms with Gasteiger partial charge in [0.05, 0.1) is 5.52 Å². The van der Waals surface area contributed by atoms with E-state index in [1.54, 1.807) is 25.1 Å². The highest BCUT2D eigenvalue weighted by Gasteiger charge is 2.08. The molecule has 1 aromatic carbocycles. The summed E-state index contributed by atoms with van der Waals surface area (Å²) in [6.45, 7) is 1.72. The lowest BCUT2D eigenvalue weighted by atomic mass is 10.1. The number of imidazole rings is 1. The van der Waals surface area contributed by atoms with Crippen LogP contribution in [0, 0.1) is 12.7 Å². The number of benzene rings is 1. The van der Waals surface area contributed by atoms with Gasteiger partial charge in [0.2, 0.25) is 0 Å². The Balaban J connectivity index is 2.16. The number of aromatic nitrogens is 3. The van der Waals surface area contributed by atoms with Crippen molar-refractivity contribution in [2.75, 3.05) is 5.73 Å². The molecule has 0 unspecified atom stereocenters. The Bertz CT molecular complexity index is 733. The molecule has 0 aliphatic heterocycles. The molecule has 2 aromatic heterocycles. The molecular weight excluding hydrogens is 231 g/mol. The van der Waals surface area contributed by atoms with Gasteiger partial charge in [0.15, 0.2) is 5.65 Å². The zero-order valence-electron chi connectivity index (χ0n) is 9.74. The normalized spacial score (nSPS) is 11.0. The number of halogens is 1. The van der Waals surface area contributed by atoms with Crippen molar-refractivity contribution in [3.05, 3.63) is 41.7 Å². The number of H-pyrrole nitrogens is 1. The van der Waals surface area contributed by atoms with Crippen molar-refractivity contribution >= 4 is 17.0 Å². The number of fused-ring (bicyclic) bond motifs is 1. The van der Waals surface area contributed by atoms with Crippen LogP contribution in [0.4, 0.5) is 10.2 Å². The van der Waals surface area contributed by atoms with Crippen molar-refractivity contribution in [2.45, 2.75) is 6.92 Å². The highest BCUT2D eigenvalue weighted by atomic mass is 19.1. The summed E-state index contributed by atoms with van der Waals surface area (Å²) in [5, 5.41) is 0. The van der Waals surface area contributed by atoms with Gasteiger partial charge in [-0.3, -0.25) is 0 Å². The molecule has 4 nitrogen and oxygen atoms in total. The van der Waals surface area contributed by atoms with E-state index in [1.807, 2.05) is 6.07 Å². The standard InChI is InChI=1S/C13H11FN4/c1-7-6-8(2-3-9(7)14)12-16-10-4-5-11(15)17-13(10)18-12/h2-6H,1H3,(H3,15,16,17,18). The molecule has 0 atom stereocenters. The highest BCUT2D eigenvalue weighted by Crippen LogP contribution is 2.22. The number of nitrogens with one attached hydrogen (secondary N) is 1. The Morgan fingerprint density at radius 1 is 1.17 bits per heavy atom. The molecule has 3 rings (SSSR count). The van der Waals surface area contributed by atoms with E-state index in [0.717, 1.165) is 11.1 Å². The second-order valence-corrected chi connectivity index (χ2v) is 4.16. The third-order valence-corrected chi connectivity index (χ3v) is 2.80. The number of pyridine rings is 1. The molecule has 0 fully saturated rings. The summed E-state index contributed by atoms with van der Waals surface area (Å²) in [6.07, 6.45) is 0. The summed E-state index contributed by atoms with van der Waals surface area (Å²) in [4.78, 5) is 11.6. The fourth-order valence-corrected chi connectivity index (χ4v) is 1.84. The molecule has 3 aromatic rings. The Morgan fingerprint density at radius 2 is 2.00 bits per heavy atom. The molecule has 0 spiro atoms. The average molecular weight is 242 g/mol. The number of rotatable bonds is 1. The molecule has 0 amide bonds. The molecule has 18 heavy (non-hydrogen) atoms. The molecular formula is C13H11FN4. The van der Waals surface area contributed by atoms with E-state index in [4.69, 9.17) is 5.73 Å². The Labute approximate surface area is 103 Å². The molecule has 0 bridgehead atoms. The van der Waals surface area contributed by atoms with Crippen molar-refractivity contribution in [1.29, 1.82) is 0 Å². The minimum absolute atomic E-state index is 0.225. The van der Waals surface area contributed by atoms with Crippen LogP contribution in [0.1, 0.15) is 5.56 Å². The van der Waals surface area contributed by atoms with Crippen molar-refractivity contribution in [3.63, 3.8) is 0 Å². The second kappa shape index (κ2) is 3.80. The highest BCUT2D eigenvalue weighted by molar-refractivity contribution is 5.77. The Morgan fingerprint density at radius 3 is 2.78 bits per heavy atom. The predicted molar refractivity (Wildman–Crippen MR) is 68.4 cm³/mol. The van der Waals surface area contributed by atoms with Crippen LogP contribution < -0.4 is 5.73 Å². The van der Waals surface area contributed by atoms with Crippen LogP contribution in [0.2, 0.25) is 0 Å². The van der Waals surface area contributed by atoms with E-state index < -0.39 is 0 Å². The van der Waals surface area contributed by atoms with Gasteiger partial charge in [-0.25, -0.2) is 14.4 Å². The number of hydrogen-bond acceptors (Lipinski definition) is 3. The van der Waals surface area contributed by atoms with E-state index in [2.05, 4.69) is 15.0 Å². The predicted octanol–water partition coefficient (Wildman–Crippen LogP) is 2.65. The van der Waals surface area contributed by atoms with Gasteiger partial charge in [0.25, 0.3) is 0 Å². The Hall–Kier alpha value is -2.43. The van der Waals surface area contributed by atoms with Crippen molar-refractivity contribution < 1.29 is 4.39 Å². The van der Waals surface area contributed by atoms with Gasteiger partial charge in [0.1, 0.15) is 17.5 Å². The fourth-order valence-electron chi connectivity index (χ4n) is 1.84. The van der Waals surface area contributed by atoms with Crippen molar-refractivity contribution in [1.82, 2.24) is 15.0 Å². The Kier molecular flexibility index (Phi) is 2.26. The number of aromatic amines is 1. The summed E-state index contributed by atoms with van der Waals surface area (Å²) < 4.78 is 13.2. The van der Waals surface area contributed by atoms with Gasteiger partial charge in [-0.1, -0.05) is 0 Å². The first-order valence-electron chi connectivity index (χ1n) is 5.52. The smallest absolute Gasteiger partial charge is 0.180 e. The molecule has 0 saturated carbocycles. The minimum atomic E-state index is -0.225. The fraction of sp³-hybridized carbons (Fsp3) is 0.0769. The van der Waals surface area contributed by atoms with Crippen LogP contribution in [0.5, 0.6) is 0 Å². The van der Waals surface area contributed by atoms with E-state index in [-0.39, 0.29) is 5.82 Å². The maximum absolute atomic E-state index is 13.2. The number of hydrogen-bond donors (Lipinski definition) is 2. The van der Waals surface area contributed by atoms with Crippen LogP contribution >= 0.6 is 0 Å². The number of nitrogen functional groups attached to an aromatic ring is 1. The molecule has 0 aliphatic carbocycles. The number of nitrogens with zero attached hydrogens (tertiary/aromatic N) is 2. The van der Waals surface area contributed by atoms with Gasteiger partial charge in [0, 0.05) is 5.56 Å². The summed E-state index contributed by atoms with van der Waals surface area (Å²) in [5.74, 6) is 0.860. The zero-order chi connectivity index (χ0) is 12.7. The summed E-state index contributed by atoms with van der Waals surface area (Å²) in [7, 11) is 0. The quantitative estimate of drug-likeness (QED) is 0.689. The summed E-state index contributed by atoms with van der Waals surface area (Å²) in [6, 6.07) is 8.39. The topological polar surface area (TPSA) is 67.6 Å². The van der Waals surface area contributed by atoms with E-state index in [9.17, 15) is 4.39 Å². The minimum Gasteiger partial charge on any atom is -0.384 e. The number of aryl methyl sites for hydroxylation is 1.